The molecule has 4 aromatic heterocycles. The van der Waals surface area contributed by atoms with Crippen molar-refractivity contribution in [1.29, 1.82) is 0 Å². The van der Waals surface area contributed by atoms with E-state index in [1.54, 1.807) is 0 Å². The van der Waals surface area contributed by atoms with Gasteiger partial charge in [-0.05, 0) is 138 Å². The Hall–Kier alpha value is -9.73. The van der Waals surface area contributed by atoms with E-state index in [1.165, 1.54) is 142 Å². The van der Waals surface area contributed by atoms with Gasteiger partial charge in [0, 0.05) is 43.1 Å². The van der Waals surface area contributed by atoms with E-state index in [9.17, 15) is 0 Å². The van der Waals surface area contributed by atoms with Gasteiger partial charge in [0.05, 0.1) is 44.3 Å². The topological polar surface area (TPSA) is 36.1 Å². The Labute approximate surface area is 486 Å². The first-order chi connectivity index (χ1) is 41.3. The van der Waals surface area contributed by atoms with Gasteiger partial charge in [-0.15, -0.1) is 0 Å². The van der Waals surface area contributed by atoms with Gasteiger partial charge < -0.3 is 18.0 Å². The van der Waals surface area contributed by atoms with Crippen molar-refractivity contribution in [2.24, 2.45) is 0 Å². The summed E-state index contributed by atoms with van der Waals surface area (Å²) in [6.07, 6.45) is 0. The van der Waals surface area contributed by atoms with Crippen LogP contribution in [-0.2, 0) is 16.9 Å². The second kappa shape index (κ2) is 15.5. The maximum absolute atomic E-state index is 6.97. The van der Waals surface area contributed by atoms with Crippen molar-refractivity contribution < 1.29 is 8.83 Å². The molecule has 3 unspecified atom stereocenters. The molecule has 4 aliphatic heterocycles. The summed E-state index contributed by atoms with van der Waals surface area (Å²) in [5, 5.41) is 15.8. The predicted octanol–water partition coefficient (Wildman–Crippen LogP) is 16.5. The van der Waals surface area contributed by atoms with Gasteiger partial charge in [0.2, 0.25) is 0 Å². The molecule has 0 saturated carbocycles. The molecule has 0 bridgehead atoms. The lowest BCUT2D eigenvalue weighted by molar-refractivity contribution is 0.667. The first-order valence-electron chi connectivity index (χ1n) is 29.7. The number of benzene rings is 12. The Kier molecular flexibility index (Phi) is 8.44. The minimum Gasteiger partial charge on any atom is -0.456 e. The Morgan fingerprint density at radius 3 is 1.58 bits per heavy atom. The third kappa shape index (κ3) is 5.18. The number of rotatable bonds is 2. The van der Waals surface area contributed by atoms with Crippen LogP contribution in [0.5, 0.6) is 0 Å². The van der Waals surface area contributed by atoms with Crippen LogP contribution in [0.2, 0.25) is 19.6 Å². The van der Waals surface area contributed by atoms with Crippen LogP contribution in [-0.4, -0.2) is 25.3 Å². The molecule has 0 radical (unpaired) electrons. The monoisotopic (exact) mass is 1100 g/mol. The van der Waals surface area contributed by atoms with Crippen LogP contribution in [0.4, 0.5) is 0 Å². The number of fused-ring (bicyclic) bond motifs is 29. The van der Waals surface area contributed by atoms with E-state index in [1.807, 2.05) is 0 Å². The second-order valence-corrected chi connectivity index (χ2v) is 33.5. The van der Waals surface area contributed by atoms with Gasteiger partial charge in [0.25, 0.3) is 0 Å². The Bertz CT molecular complexity index is 5690. The van der Waals surface area contributed by atoms with Gasteiger partial charge in [-0.3, -0.25) is 0 Å². The summed E-state index contributed by atoms with van der Waals surface area (Å²) in [4.78, 5) is 0. The van der Waals surface area contributed by atoms with E-state index in [2.05, 4.69) is 277 Å². The highest BCUT2D eigenvalue weighted by atomic mass is 28.3. The van der Waals surface area contributed by atoms with E-state index in [0.29, 0.717) is 0 Å². The minimum atomic E-state index is -2.77. The fourth-order valence-corrected chi connectivity index (χ4v) is 25.8. The van der Waals surface area contributed by atoms with Crippen LogP contribution >= 0.6 is 0 Å². The summed E-state index contributed by atoms with van der Waals surface area (Å²) < 4.78 is 18.9. The molecule has 0 aliphatic carbocycles. The van der Waals surface area contributed by atoms with Gasteiger partial charge >= 0.3 is 0 Å². The maximum Gasteiger partial charge on any atom is 0.135 e. The van der Waals surface area contributed by atoms with Crippen molar-refractivity contribution in [2.75, 3.05) is 0 Å². The average molecular weight is 1110 g/mol. The summed E-state index contributed by atoms with van der Waals surface area (Å²) >= 11 is 0. The number of furan rings is 2. The Morgan fingerprint density at radius 2 is 0.857 bits per heavy atom. The van der Waals surface area contributed by atoms with Crippen molar-refractivity contribution in [1.82, 2.24) is 9.13 Å². The molecule has 4 aliphatic rings. The van der Waals surface area contributed by atoms with Gasteiger partial charge in [-0.2, -0.15) is 0 Å². The summed E-state index contributed by atoms with van der Waals surface area (Å²) in [7, 11) is -5.14. The van der Waals surface area contributed by atoms with Crippen LogP contribution in [0.1, 0.15) is 50.1 Å². The highest BCUT2D eigenvalue weighted by Crippen LogP contribution is 2.58. The maximum atomic E-state index is 6.97. The number of hydrogen-bond donors (Lipinski definition) is 0. The summed E-state index contributed by atoms with van der Waals surface area (Å²) in [5.41, 5.74) is 22.3. The molecule has 0 saturated heterocycles. The van der Waals surface area contributed by atoms with Gasteiger partial charge in [-0.1, -0.05) is 208 Å². The summed E-state index contributed by atoms with van der Waals surface area (Å²) in [5.74, 6) is 0. The van der Waals surface area contributed by atoms with Crippen molar-refractivity contribution in [2.45, 2.75) is 36.5 Å². The molecule has 0 N–H and O–H groups in total. The van der Waals surface area contributed by atoms with E-state index < -0.39 is 27.0 Å². The molecule has 2 spiro atoms. The van der Waals surface area contributed by atoms with Crippen molar-refractivity contribution in [3.05, 3.63) is 299 Å². The highest BCUT2D eigenvalue weighted by molar-refractivity contribution is 7.03. The van der Waals surface area contributed by atoms with Crippen LogP contribution < -0.4 is 20.7 Å². The predicted molar refractivity (Wildman–Crippen MR) is 351 cm³/mol. The Morgan fingerprint density at radius 1 is 0.333 bits per heavy atom. The van der Waals surface area contributed by atoms with E-state index >= 15 is 0 Å². The number of para-hydroxylation sites is 7. The summed E-state index contributed by atoms with van der Waals surface area (Å²) in [6, 6.07) is 96.4. The zero-order chi connectivity index (χ0) is 55.2. The summed E-state index contributed by atoms with van der Waals surface area (Å²) in [6.45, 7) is 7.78. The van der Waals surface area contributed by atoms with Crippen LogP contribution in [0.15, 0.2) is 258 Å². The average Bonchev–Trinajstić information content (AvgIpc) is 1.23. The molecular formula is C78H52N2O2Si2. The molecule has 0 fully saturated rings. The second-order valence-electron chi connectivity index (χ2n) is 25.2. The molecular weight excluding hydrogens is 1050 g/mol. The SMILES string of the molecule is C[Si]1(C)c2ccccc2C2(c3ccccc3-n3c4ccc(C[Si]5(C)c6ccccc6C6(c7ccccc7-n7c8ccccc8c8cccc6c87)c6cc7c(cc65)oc5ccccc57)cc4c4cccc2c43)c2ccc3oc4ccccc4c3c21. The lowest BCUT2D eigenvalue weighted by Crippen LogP contribution is -2.66. The quantitative estimate of drug-likeness (QED) is 0.162. The fraction of sp³-hybridized carbons (Fsp3) is 0.0769. The van der Waals surface area contributed by atoms with E-state index in [4.69, 9.17) is 8.83 Å². The molecule has 3 atom stereocenters. The molecule has 8 heterocycles. The zero-order valence-electron chi connectivity index (χ0n) is 46.6. The molecule has 394 valence electrons. The lowest BCUT2D eigenvalue weighted by atomic mass is 9.62. The number of hydrogen-bond acceptors (Lipinski definition) is 2. The standard InChI is InChI=1S/C78H52N2O2Si2/c1-83(2)70-36-16-9-27-56(70)77(60-39-41-68-73(76(60)83)51-22-6-15-35-67(51)81-68)54-25-7-12-32-64(54)80-63-40-38-46(42-52(63)50-24-19-29-58(77)75(50)80)45-84(3)71-37-17-10-28-57(71)78(61-43-53-48-21-5-14-34-66(48)82-69(53)44-72(61)84)55-26-8-13-33-65(55)79-62-31-11-4-20-47(62)49-23-18-30-59(78)74(49)79/h4-44H,45H2,1-3H3. The Balaban J connectivity index is 0.849. The number of nitrogens with zero attached hydrogens (tertiary/aromatic N) is 2. The van der Waals surface area contributed by atoms with Crippen LogP contribution in [0, 0.1) is 0 Å². The van der Waals surface area contributed by atoms with E-state index in [-0.39, 0.29) is 0 Å². The van der Waals surface area contributed by atoms with Crippen LogP contribution in [0.3, 0.4) is 0 Å². The van der Waals surface area contributed by atoms with Crippen molar-refractivity contribution >= 4 is 124 Å². The highest BCUT2D eigenvalue weighted by Gasteiger charge is 2.56. The first-order valence-corrected chi connectivity index (χ1v) is 35.4. The third-order valence-corrected chi connectivity index (χ3v) is 28.9. The van der Waals surface area contributed by atoms with Gasteiger partial charge in [-0.25, -0.2) is 0 Å². The molecule has 6 heteroatoms. The zero-order valence-corrected chi connectivity index (χ0v) is 48.6. The third-order valence-electron chi connectivity index (χ3n) is 21.0. The first kappa shape index (κ1) is 45.8. The van der Waals surface area contributed by atoms with Crippen molar-refractivity contribution in [3.63, 3.8) is 0 Å². The normalized spacial score (nSPS) is 19.4. The molecule has 84 heavy (non-hydrogen) atoms. The molecule has 12 aromatic carbocycles. The minimum absolute atomic E-state index is 0.589. The van der Waals surface area contributed by atoms with Gasteiger partial charge in [0.15, 0.2) is 0 Å². The van der Waals surface area contributed by atoms with Gasteiger partial charge in [0.1, 0.15) is 38.5 Å². The number of aromatic nitrogens is 2. The molecule has 16 aromatic rings. The largest absolute Gasteiger partial charge is 0.456 e. The molecule has 20 rings (SSSR count). The fourth-order valence-electron chi connectivity index (χ4n) is 17.9. The van der Waals surface area contributed by atoms with Crippen LogP contribution in [0.25, 0.3) is 98.9 Å². The smallest absolute Gasteiger partial charge is 0.135 e. The molecule has 0 amide bonds. The molecule has 4 nitrogen and oxygen atoms in total. The van der Waals surface area contributed by atoms with E-state index in [0.717, 1.165) is 33.8 Å². The van der Waals surface area contributed by atoms with Crippen molar-refractivity contribution in [3.8, 4) is 11.4 Å². The lowest BCUT2D eigenvalue weighted by Gasteiger charge is -2.50.